The topological polar surface area (TPSA) is 53.3 Å². The summed E-state index contributed by atoms with van der Waals surface area (Å²) in [5, 5.41) is 17.2. The number of aliphatic hydroxyl groups excluding tert-OH is 1. The molecule has 1 aromatic heterocycles. The van der Waals surface area contributed by atoms with Gasteiger partial charge in [-0.25, -0.2) is 0 Å². The van der Waals surface area contributed by atoms with Gasteiger partial charge in [0.25, 0.3) is 0 Å². The maximum Gasteiger partial charge on any atom is 0.0862 e. The van der Waals surface area contributed by atoms with Gasteiger partial charge in [0, 0.05) is 45.1 Å². The molecule has 0 amide bonds. The highest BCUT2D eigenvalue weighted by Gasteiger charge is 2.14. The quantitative estimate of drug-likeness (QED) is 0.679. The second kappa shape index (κ2) is 5.25. The second-order valence-corrected chi connectivity index (χ2v) is 3.93. The largest absolute Gasteiger partial charge is 0.390 e. The zero-order valence-electron chi connectivity index (χ0n) is 8.84. The number of β-amino-alcohol motifs (C(OH)–C–C–N with tert-alkyl or cyclic N) is 1. The molecule has 1 aliphatic rings. The standard InChI is InChI=1S/C10H18N4O/c15-10(9-14-5-1-2-12-14)8-13-6-3-11-4-7-13/h1-2,5,10-11,15H,3-4,6-9H2. The smallest absolute Gasteiger partial charge is 0.0862 e. The molecule has 1 unspecified atom stereocenters. The summed E-state index contributed by atoms with van der Waals surface area (Å²) in [4.78, 5) is 2.28. The predicted molar refractivity (Wildman–Crippen MR) is 57.5 cm³/mol. The van der Waals surface area contributed by atoms with E-state index in [0.29, 0.717) is 6.54 Å². The molecular formula is C10H18N4O. The first-order chi connectivity index (χ1) is 7.34. The summed E-state index contributed by atoms with van der Waals surface area (Å²) in [7, 11) is 0. The van der Waals surface area contributed by atoms with Crippen molar-refractivity contribution in [3.8, 4) is 0 Å². The Kier molecular flexibility index (Phi) is 3.71. The van der Waals surface area contributed by atoms with Crippen LogP contribution in [-0.4, -0.2) is 58.6 Å². The van der Waals surface area contributed by atoms with Crippen LogP contribution in [0.5, 0.6) is 0 Å². The first-order valence-corrected chi connectivity index (χ1v) is 5.43. The molecule has 15 heavy (non-hydrogen) atoms. The number of piperazine rings is 1. The highest BCUT2D eigenvalue weighted by Crippen LogP contribution is 1.98. The minimum Gasteiger partial charge on any atom is -0.390 e. The van der Waals surface area contributed by atoms with Crippen molar-refractivity contribution in [3.63, 3.8) is 0 Å². The molecule has 1 atom stereocenters. The molecule has 0 spiro atoms. The summed E-state index contributed by atoms with van der Waals surface area (Å²) >= 11 is 0. The molecule has 1 fully saturated rings. The van der Waals surface area contributed by atoms with E-state index in [9.17, 15) is 5.11 Å². The van der Waals surface area contributed by atoms with Crippen LogP contribution in [0.15, 0.2) is 18.5 Å². The molecule has 5 heteroatoms. The predicted octanol–water partition coefficient (Wildman–Crippen LogP) is -0.851. The Morgan fingerprint density at radius 2 is 2.13 bits per heavy atom. The number of hydrogen-bond acceptors (Lipinski definition) is 4. The number of rotatable bonds is 4. The van der Waals surface area contributed by atoms with Crippen molar-refractivity contribution in [2.45, 2.75) is 12.6 Å². The first kappa shape index (κ1) is 10.6. The summed E-state index contributed by atoms with van der Waals surface area (Å²) in [6.07, 6.45) is 3.28. The Morgan fingerprint density at radius 1 is 1.33 bits per heavy atom. The van der Waals surface area contributed by atoms with Crippen molar-refractivity contribution in [2.75, 3.05) is 32.7 Å². The maximum absolute atomic E-state index is 9.85. The molecule has 5 nitrogen and oxygen atoms in total. The van der Waals surface area contributed by atoms with Crippen molar-refractivity contribution in [3.05, 3.63) is 18.5 Å². The van der Waals surface area contributed by atoms with Gasteiger partial charge < -0.3 is 10.4 Å². The lowest BCUT2D eigenvalue weighted by Gasteiger charge is -2.28. The van der Waals surface area contributed by atoms with Crippen LogP contribution in [-0.2, 0) is 6.54 Å². The van der Waals surface area contributed by atoms with Crippen LogP contribution in [0.1, 0.15) is 0 Å². The van der Waals surface area contributed by atoms with E-state index in [-0.39, 0.29) is 6.10 Å². The normalized spacial score (nSPS) is 20.3. The van der Waals surface area contributed by atoms with Gasteiger partial charge in [-0.05, 0) is 6.07 Å². The number of nitrogens with zero attached hydrogens (tertiary/aromatic N) is 3. The van der Waals surface area contributed by atoms with Gasteiger partial charge in [0.15, 0.2) is 0 Å². The molecule has 0 bridgehead atoms. The van der Waals surface area contributed by atoms with Gasteiger partial charge in [-0.2, -0.15) is 5.10 Å². The van der Waals surface area contributed by atoms with Gasteiger partial charge in [0.2, 0.25) is 0 Å². The fraction of sp³-hybridized carbons (Fsp3) is 0.700. The number of aliphatic hydroxyl groups is 1. The summed E-state index contributed by atoms with van der Waals surface area (Å²) in [6.45, 7) is 5.41. The fourth-order valence-corrected chi connectivity index (χ4v) is 1.87. The average Bonchev–Trinajstić information content (AvgIpc) is 2.71. The van der Waals surface area contributed by atoms with Crippen LogP contribution in [0.3, 0.4) is 0 Å². The minimum atomic E-state index is -0.331. The van der Waals surface area contributed by atoms with Gasteiger partial charge in [-0.15, -0.1) is 0 Å². The van der Waals surface area contributed by atoms with E-state index in [1.165, 1.54) is 0 Å². The molecule has 2 N–H and O–H groups in total. The summed E-state index contributed by atoms with van der Waals surface area (Å²) < 4.78 is 1.77. The Bertz CT molecular complexity index is 269. The van der Waals surface area contributed by atoms with Crippen molar-refractivity contribution >= 4 is 0 Å². The molecule has 84 valence electrons. The van der Waals surface area contributed by atoms with Gasteiger partial charge in [0.1, 0.15) is 0 Å². The van der Waals surface area contributed by atoms with Gasteiger partial charge in [0.05, 0.1) is 12.6 Å². The van der Waals surface area contributed by atoms with Crippen LogP contribution in [0, 0.1) is 0 Å². The Balaban J connectivity index is 1.74. The van der Waals surface area contributed by atoms with E-state index in [1.54, 1.807) is 10.9 Å². The molecule has 1 aliphatic heterocycles. The van der Waals surface area contributed by atoms with Crippen LogP contribution in [0.2, 0.25) is 0 Å². The average molecular weight is 210 g/mol. The summed E-state index contributed by atoms with van der Waals surface area (Å²) in [5.74, 6) is 0. The Labute approximate surface area is 89.7 Å². The maximum atomic E-state index is 9.85. The van der Waals surface area contributed by atoms with Crippen LogP contribution >= 0.6 is 0 Å². The molecule has 2 heterocycles. The van der Waals surface area contributed by atoms with Crippen molar-refractivity contribution in [1.82, 2.24) is 20.0 Å². The molecule has 0 radical (unpaired) electrons. The molecule has 0 aromatic carbocycles. The third-order valence-electron chi connectivity index (χ3n) is 2.64. The number of aromatic nitrogens is 2. The van der Waals surface area contributed by atoms with E-state index in [0.717, 1.165) is 32.7 Å². The summed E-state index contributed by atoms with van der Waals surface area (Å²) in [5.41, 5.74) is 0. The Morgan fingerprint density at radius 3 is 2.80 bits per heavy atom. The fourth-order valence-electron chi connectivity index (χ4n) is 1.87. The summed E-state index contributed by atoms with van der Waals surface area (Å²) in [6, 6.07) is 1.87. The zero-order valence-corrected chi connectivity index (χ0v) is 8.84. The number of nitrogens with one attached hydrogen (secondary N) is 1. The third-order valence-corrected chi connectivity index (χ3v) is 2.64. The third kappa shape index (κ3) is 3.30. The van der Waals surface area contributed by atoms with Gasteiger partial charge in [-0.3, -0.25) is 9.58 Å². The zero-order chi connectivity index (χ0) is 10.5. The van der Waals surface area contributed by atoms with Crippen LogP contribution in [0.25, 0.3) is 0 Å². The van der Waals surface area contributed by atoms with Crippen LogP contribution in [0.4, 0.5) is 0 Å². The molecule has 1 aromatic rings. The molecule has 1 saturated heterocycles. The lowest BCUT2D eigenvalue weighted by atomic mass is 10.3. The lowest BCUT2D eigenvalue weighted by molar-refractivity contribution is 0.0889. The van der Waals surface area contributed by atoms with Crippen molar-refractivity contribution in [1.29, 1.82) is 0 Å². The second-order valence-electron chi connectivity index (χ2n) is 3.93. The van der Waals surface area contributed by atoms with E-state index in [1.807, 2.05) is 12.3 Å². The SMILES string of the molecule is OC(CN1CCNCC1)Cn1cccn1. The van der Waals surface area contributed by atoms with E-state index in [2.05, 4.69) is 15.3 Å². The van der Waals surface area contributed by atoms with Crippen molar-refractivity contribution in [2.24, 2.45) is 0 Å². The van der Waals surface area contributed by atoms with E-state index in [4.69, 9.17) is 0 Å². The molecule has 2 rings (SSSR count). The van der Waals surface area contributed by atoms with E-state index < -0.39 is 0 Å². The van der Waals surface area contributed by atoms with Gasteiger partial charge >= 0.3 is 0 Å². The lowest BCUT2D eigenvalue weighted by Crippen LogP contribution is -2.46. The first-order valence-electron chi connectivity index (χ1n) is 5.43. The van der Waals surface area contributed by atoms with E-state index >= 15 is 0 Å². The minimum absolute atomic E-state index is 0.331. The monoisotopic (exact) mass is 210 g/mol. The molecule has 0 saturated carbocycles. The highest BCUT2D eigenvalue weighted by atomic mass is 16.3. The molecular weight excluding hydrogens is 192 g/mol. The highest BCUT2D eigenvalue weighted by molar-refractivity contribution is 4.79. The molecule has 0 aliphatic carbocycles. The number of hydrogen-bond donors (Lipinski definition) is 2. The van der Waals surface area contributed by atoms with Crippen molar-refractivity contribution < 1.29 is 5.11 Å². The Hall–Kier alpha value is -0.910. The van der Waals surface area contributed by atoms with Crippen LogP contribution < -0.4 is 5.32 Å². The van der Waals surface area contributed by atoms with Gasteiger partial charge in [-0.1, -0.05) is 0 Å².